The molecule has 2 heterocycles. The number of β-amino-alcohol motifs (C(OH)–C–C–N with tert-alkyl or cyclic N) is 1. The number of nitrogens with one attached hydrogen (secondary N) is 1. The molecule has 2 fully saturated rings. The molecule has 2 atom stereocenters. The van der Waals surface area contributed by atoms with Crippen LogP contribution in [0.25, 0.3) is 0 Å². The van der Waals surface area contributed by atoms with E-state index in [1.807, 2.05) is 4.90 Å². The van der Waals surface area contributed by atoms with Crippen LogP contribution in [0.1, 0.15) is 26.2 Å². The largest absolute Gasteiger partial charge is 0.391 e. The summed E-state index contributed by atoms with van der Waals surface area (Å²) in [4.78, 5) is 14.1. The van der Waals surface area contributed by atoms with Crippen molar-refractivity contribution in [2.45, 2.75) is 32.3 Å². The van der Waals surface area contributed by atoms with Crippen LogP contribution in [0.5, 0.6) is 0 Å². The minimum atomic E-state index is -0.334. The van der Waals surface area contributed by atoms with E-state index in [4.69, 9.17) is 0 Å². The van der Waals surface area contributed by atoms with Gasteiger partial charge >= 0.3 is 0 Å². The number of likely N-dealkylation sites (tertiary alicyclic amines) is 1. The first-order valence-corrected chi connectivity index (χ1v) is 6.36. The maximum absolute atomic E-state index is 12.2. The fourth-order valence-electron chi connectivity index (χ4n) is 2.58. The molecule has 2 unspecified atom stereocenters. The van der Waals surface area contributed by atoms with Gasteiger partial charge in [0.25, 0.3) is 0 Å². The number of carbonyl (C=O) groups excluding carboxylic acids is 1. The van der Waals surface area contributed by atoms with Gasteiger partial charge in [-0.3, -0.25) is 4.79 Å². The lowest BCUT2D eigenvalue weighted by Crippen LogP contribution is -2.49. The molecule has 0 aromatic heterocycles. The van der Waals surface area contributed by atoms with Crippen LogP contribution in [0.15, 0.2) is 0 Å². The van der Waals surface area contributed by atoms with Gasteiger partial charge in [0.15, 0.2) is 0 Å². The lowest BCUT2D eigenvalue weighted by atomic mass is 9.92. The lowest BCUT2D eigenvalue weighted by Gasteiger charge is -2.37. The Kier molecular flexibility index (Phi) is 3.82. The summed E-state index contributed by atoms with van der Waals surface area (Å²) in [6.07, 6.45) is 2.49. The third-order valence-electron chi connectivity index (χ3n) is 3.92. The molecule has 92 valence electrons. The van der Waals surface area contributed by atoms with Crippen LogP contribution >= 0.6 is 0 Å². The van der Waals surface area contributed by atoms with Gasteiger partial charge in [0, 0.05) is 19.0 Å². The first kappa shape index (κ1) is 11.9. The summed E-state index contributed by atoms with van der Waals surface area (Å²) in [6, 6.07) is 0. The zero-order valence-electron chi connectivity index (χ0n) is 9.98. The first-order valence-electron chi connectivity index (χ1n) is 6.36. The van der Waals surface area contributed by atoms with E-state index in [-0.39, 0.29) is 17.9 Å². The fraction of sp³-hybridized carbons (Fsp3) is 0.917. The number of hydrogen-bond donors (Lipinski definition) is 2. The highest BCUT2D eigenvalue weighted by molar-refractivity contribution is 5.79. The highest BCUT2D eigenvalue weighted by atomic mass is 16.3. The molecule has 0 radical (unpaired) electrons. The van der Waals surface area contributed by atoms with Crippen LogP contribution in [0, 0.1) is 11.8 Å². The molecule has 4 nitrogen and oxygen atoms in total. The Bertz CT molecular complexity index is 251. The Balaban J connectivity index is 1.89. The van der Waals surface area contributed by atoms with Gasteiger partial charge in [0.2, 0.25) is 5.91 Å². The van der Waals surface area contributed by atoms with Crippen LogP contribution in [0.4, 0.5) is 0 Å². The number of nitrogens with zero attached hydrogens (tertiary/aromatic N) is 1. The number of hydrogen-bond acceptors (Lipinski definition) is 3. The molecule has 2 aliphatic heterocycles. The van der Waals surface area contributed by atoms with Gasteiger partial charge < -0.3 is 15.3 Å². The number of piperidine rings is 2. The number of rotatable bonds is 1. The van der Waals surface area contributed by atoms with Crippen LogP contribution in [0.3, 0.4) is 0 Å². The molecule has 2 N–H and O–H groups in total. The minimum absolute atomic E-state index is 0.182. The second-order valence-electron chi connectivity index (χ2n) is 5.14. The Morgan fingerprint density at radius 2 is 2.00 bits per heavy atom. The van der Waals surface area contributed by atoms with Gasteiger partial charge in [0.1, 0.15) is 0 Å². The molecule has 2 rings (SSSR count). The highest BCUT2D eigenvalue weighted by Crippen LogP contribution is 2.21. The van der Waals surface area contributed by atoms with Crippen LogP contribution in [-0.4, -0.2) is 48.2 Å². The van der Waals surface area contributed by atoms with Crippen molar-refractivity contribution in [1.82, 2.24) is 10.2 Å². The second-order valence-corrected chi connectivity index (χ2v) is 5.14. The Labute approximate surface area is 97.0 Å². The maximum Gasteiger partial charge on any atom is 0.225 e. The molecule has 0 saturated carbocycles. The smallest absolute Gasteiger partial charge is 0.225 e. The predicted octanol–water partition coefficient (Wildman–Crippen LogP) is 0.215. The van der Waals surface area contributed by atoms with Crippen LogP contribution < -0.4 is 5.32 Å². The van der Waals surface area contributed by atoms with E-state index in [2.05, 4.69) is 12.2 Å². The Hall–Kier alpha value is -0.610. The monoisotopic (exact) mass is 226 g/mol. The van der Waals surface area contributed by atoms with E-state index in [9.17, 15) is 9.90 Å². The van der Waals surface area contributed by atoms with Gasteiger partial charge in [-0.2, -0.15) is 0 Å². The van der Waals surface area contributed by atoms with Crippen molar-refractivity contribution in [1.29, 1.82) is 0 Å². The van der Waals surface area contributed by atoms with E-state index in [0.29, 0.717) is 12.5 Å². The summed E-state index contributed by atoms with van der Waals surface area (Å²) < 4.78 is 0. The molecule has 0 aromatic rings. The molecule has 2 saturated heterocycles. The Morgan fingerprint density at radius 1 is 1.31 bits per heavy atom. The minimum Gasteiger partial charge on any atom is -0.391 e. The van der Waals surface area contributed by atoms with E-state index < -0.39 is 0 Å². The summed E-state index contributed by atoms with van der Waals surface area (Å²) in [5.74, 6) is 0.770. The van der Waals surface area contributed by atoms with Crippen molar-refractivity contribution in [2.75, 3.05) is 26.2 Å². The lowest BCUT2D eigenvalue weighted by molar-refractivity contribution is -0.140. The average Bonchev–Trinajstić information content (AvgIpc) is 2.33. The third kappa shape index (κ3) is 2.55. The van der Waals surface area contributed by atoms with Gasteiger partial charge in [0.05, 0.1) is 6.10 Å². The topological polar surface area (TPSA) is 52.6 Å². The van der Waals surface area contributed by atoms with Crippen LogP contribution in [-0.2, 0) is 4.79 Å². The fourth-order valence-corrected chi connectivity index (χ4v) is 2.58. The van der Waals surface area contributed by atoms with Gasteiger partial charge in [-0.05, 0) is 38.3 Å². The van der Waals surface area contributed by atoms with Gasteiger partial charge in [-0.1, -0.05) is 6.92 Å². The van der Waals surface area contributed by atoms with Gasteiger partial charge in [-0.15, -0.1) is 0 Å². The number of carbonyl (C=O) groups is 1. The summed E-state index contributed by atoms with van der Waals surface area (Å²) in [6.45, 7) is 5.30. The summed E-state index contributed by atoms with van der Waals surface area (Å²) >= 11 is 0. The predicted molar refractivity (Wildman–Crippen MR) is 62.0 cm³/mol. The summed E-state index contributed by atoms with van der Waals surface area (Å²) in [5.41, 5.74) is 0. The van der Waals surface area contributed by atoms with Crippen LogP contribution in [0.2, 0.25) is 0 Å². The molecular weight excluding hydrogens is 204 g/mol. The maximum atomic E-state index is 12.2. The van der Waals surface area contributed by atoms with Gasteiger partial charge in [-0.25, -0.2) is 0 Å². The van der Waals surface area contributed by atoms with E-state index in [0.717, 1.165) is 38.9 Å². The van der Waals surface area contributed by atoms with Crippen molar-refractivity contribution in [3.05, 3.63) is 0 Å². The van der Waals surface area contributed by atoms with Crippen molar-refractivity contribution in [2.24, 2.45) is 11.8 Å². The van der Waals surface area contributed by atoms with Crippen molar-refractivity contribution < 1.29 is 9.90 Å². The quantitative estimate of drug-likeness (QED) is 0.672. The molecule has 1 amide bonds. The number of amides is 1. The molecule has 2 aliphatic rings. The standard InChI is InChI=1S/C12H22N2O2/c1-9-4-7-14(8-11(9)15)12(16)10-2-5-13-6-3-10/h9-11,13,15H,2-8H2,1H3. The number of aliphatic hydroxyl groups excluding tert-OH is 1. The molecule has 0 aromatic carbocycles. The molecule has 0 spiro atoms. The first-order chi connectivity index (χ1) is 7.68. The summed E-state index contributed by atoms with van der Waals surface area (Å²) in [7, 11) is 0. The Morgan fingerprint density at radius 3 is 2.62 bits per heavy atom. The van der Waals surface area contributed by atoms with E-state index >= 15 is 0 Å². The van der Waals surface area contributed by atoms with Crippen molar-refractivity contribution >= 4 is 5.91 Å². The highest BCUT2D eigenvalue weighted by Gasteiger charge is 2.31. The second kappa shape index (κ2) is 5.15. The number of aliphatic hydroxyl groups is 1. The average molecular weight is 226 g/mol. The van der Waals surface area contributed by atoms with E-state index in [1.165, 1.54) is 0 Å². The normalized spacial score (nSPS) is 32.8. The zero-order chi connectivity index (χ0) is 11.5. The molecule has 0 aliphatic carbocycles. The molecule has 0 bridgehead atoms. The third-order valence-corrected chi connectivity index (χ3v) is 3.92. The molecule has 16 heavy (non-hydrogen) atoms. The summed E-state index contributed by atoms with van der Waals surface area (Å²) in [5, 5.41) is 13.1. The van der Waals surface area contributed by atoms with Crippen molar-refractivity contribution in [3.8, 4) is 0 Å². The zero-order valence-corrected chi connectivity index (χ0v) is 9.98. The molecule has 4 heteroatoms. The van der Waals surface area contributed by atoms with E-state index in [1.54, 1.807) is 0 Å². The van der Waals surface area contributed by atoms with Crippen molar-refractivity contribution in [3.63, 3.8) is 0 Å². The molecular formula is C12H22N2O2. The SMILES string of the molecule is CC1CCN(C(=O)C2CCNCC2)CC1O.